The van der Waals surface area contributed by atoms with Crippen molar-refractivity contribution in [1.29, 1.82) is 0 Å². The Morgan fingerprint density at radius 3 is 2.40 bits per heavy atom. The number of carbonyl (C=O) groups excluding carboxylic acids is 3. The summed E-state index contributed by atoms with van der Waals surface area (Å²) < 4.78 is 0. The summed E-state index contributed by atoms with van der Waals surface area (Å²) >= 11 is 0. The molecule has 1 aromatic carbocycles. The molecule has 0 spiro atoms. The van der Waals surface area contributed by atoms with Gasteiger partial charge in [0.05, 0.1) is 6.54 Å². The summed E-state index contributed by atoms with van der Waals surface area (Å²) in [7, 11) is 1.57. The first-order valence-corrected chi connectivity index (χ1v) is 8.54. The maximum absolute atomic E-state index is 12.2. The van der Waals surface area contributed by atoms with Crippen LogP contribution in [0.4, 0.5) is 5.69 Å². The molecule has 1 aliphatic heterocycles. The van der Waals surface area contributed by atoms with Gasteiger partial charge >= 0.3 is 0 Å². The summed E-state index contributed by atoms with van der Waals surface area (Å²) in [5.74, 6) is -0.155. The fourth-order valence-corrected chi connectivity index (χ4v) is 2.78. The van der Waals surface area contributed by atoms with Crippen molar-refractivity contribution in [3.05, 3.63) is 29.8 Å². The minimum absolute atomic E-state index is 0.00226. The molecular formula is C18H26N4O3. The van der Waals surface area contributed by atoms with Crippen LogP contribution < -0.4 is 10.6 Å². The van der Waals surface area contributed by atoms with Gasteiger partial charge in [0.1, 0.15) is 0 Å². The molecule has 7 heteroatoms. The predicted octanol–water partition coefficient (Wildman–Crippen LogP) is 0.785. The van der Waals surface area contributed by atoms with Gasteiger partial charge in [0.2, 0.25) is 11.8 Å². The highest BCUT2D eigenvalue weighted by molar-refractivity contribution is 5.97. The van der Waals surface area contributed by atoms with E-state index in [4.69, 9.17) is 0 Å². The molecule has 0 aliphatic carbocycles. The number of hydrogen-bond acceptors (Lipinski definition) is 4. The van der Waals surface area contributed by atoms with Crippen molar-refractivity contribution >= 4 is 23.4 Å². The zero-order valence-corrected chi connectivity index (χ0v) is 15.0. The van der Waals surface area contributed by atoms with Crippen LogP contribution in [0.5, 0.6) is 0 Å². The Bertz CT molecular complexity index is 637. The second-order valence-electron chi connectivity index (χ2n) is 6.46. The van der Waals surface area contributed by atoms with Crippen LogP contribution in [-0.2, 0) is 9.59 Å². The summed E-state index contributed by atoms with van der Waals surface area (Å²) in [6.45, 7) is 6.74. The largest absolute Gasteiger partial charge is 0.355 e. The van der Waals surface area contributed by atoms with Crippen LogP contribution in [0.3, 0.4) is 0 Å². The lowest BCUT2D eigenvalue weighted by molar-refractivity contribution is -0.136. The van der Waals surface area contributed by atoms with Crippen molar-refractivity contribution in [2.45, 2.75) is 13.8 Å². The average Bonchev–Trinajstić information content (AvgIpc) is 2.61. The van der Waals surface area contributed by atoms with E-state index in [0.29, 0.717) is 37.4 Å². The topological polar surface area (TPSA) is 81.8 Å². The molecule has 1 heterocycles. The van der Waals surface area contributed by atoms with Crippen LogP contribution in [0.1, 0.15) is 24.2 Å². The molecule has 2 N–H and O–H groups in total. The average molecular weight is 346 g/mol. The molecule has 3 amide bonds. The first-order chi connectivity index (χ1) is 11.9. The second-order valence-corrected chi connectivity index (χ2v) is 6.46. The van der Waals surface area contributed by atoms with Crippen LogP contribution in [0.15, 0.2) is 24.3 Å². The number of nitrogens with zero attached hydrogens (tertiary/aromatic N) is 2. The molecule has 0 aromatic heterocycles. The molecule has 0 saturated carbocycles. The van der Waals surface area contributed by atoms with Crippen LogP contribution in [0.2, 0.25) is 0 Å². The maximum atomic E-state index is 12.2. The third kappa shape index (κ3) is 5.29. The van der Waals surface area contributed by atoms with Gasteiger partial charge in [0, 0.05) is 50.4 Å². The number of piperazine rings is 1. The van der Waals surface area contributed by atoms with Crippen molar-refractivity contribution < 1.29 is 14.4 Å². The number of anilines is 1. The maximum Gasteiger partial charge on any atom is 0.251 e. The Labute approximate surface area is 148 Å². The fraction of sp³-hybridized carbons (Fsp3) is 0.500. The highest BCUT2D eigenvalue weighted by Gasteiger charge is 2.23. The van der Waals surface area contributed by atoms with Crippen molar-refractivity contribution in [3.8, 4) is 0 Å². The third-order valence-electron chi connectivity index (χ3n) is 4.18. The van der Waals surface area contributed by atoms with Crippen molar-refractivity contribution in [2.24, 2.45) is 5.92 Å². The van der Waals surface area contributed by atoms with Crippen LogP contribution in [0, 0.1) is 5.92 Å². The van der Waals surface area contributed by atoms with E-state index < -0.39 is 0 Å². The zero-order chi connectivity index (χ0) is 18.4. The van der Waals surface area contributed by atoms with Gasteiger partial charge in [0.25, 0.3) is 5.91 Å². The lowest BCUT2D eigenvalue weighted by atomic mass is 10.1. The van der Waals surface area contributed by atoms with E-state index in [9.17, 15) is 14.4 Å². The molecule has 2 rings (SSSR count). The number of benzene rings is 1. The summed E-state index contributed by atoms with van der Waals surface area (Å²) in [4.78, 5) is 39.7. The van der Waals surface area contributed by atoms with Gasteiger partial charge in [-0.15, -0.1) is 0 Å². The third-order valence-corrected chi connectivity index (χ3v) is 4.18. The molecule has 0 unspecified atom stereocenters. The molecule has 1 fully saturated rings. The fourth-order valence-electron chi connectivity index (χ4n) is 2.78. The van der Waals surface area contributed by atoms with E-state index in [2.05, 4.69) is 10.6 Å². The summed E-state index contributed by atoms with van der Waals surface area (Å²) in [6, 6.07) is 6.83. The lowest BCUT2D eigenvalue weighted by Gasteiger charge is -2.35. The highest BCUT2D eigenvalue weighted by atomic mass is 16.2. The van der Waals surface area contributed by atoms with Crippen LogP contribution >= 0.6 is 0 Å². The molecule has 1 aromatic rings. The Hall–Kier alpha value is -2.41. The van der Waals surface area contributed by atoms with E-state index in [1.807, 2.05) is 23.6 Å². The van der Waals surface area contributed by atoms with Gasteiger partial charge in [-0.2, -0.15) is 0 Å². The molecule has 1 saturated heterocycles. The molecule has 7 nitrogen and oxygen atoms in total. The van der Waals surface area contributed by atoms with Crippen molar-refractivity contribution in [1.82, 2.24) is 15.1 Å². The minimum atomic E-state index is -0.193. The van der Waals surface area contributed by atoms with E-state index in [1.54, 1.807) is 31.3 Å². The van der Waals surface area contributed by atoms with Gasteiger partial charge in [-0.1, -0.05) is 19.9 Å². The predicted molar refractivity (Wildman–Crippen MR) is 96.3 cm³/mol. The molecular weight excluding hydrogens is 320 g/mol. The number of carbonyl (C=O) groups is 3. The van der Waals surface area contributed by atoms with Gasteiger partial charge in [0.15, 0.2) is 0 Å². The number of rotatable bonds is 5. The standard InChI is InChI=1S/C18H26N4O3/c1-13(2)18(25)22-9-7-21(8-10-22)12-16(23)20-15-6-4-5-14(11-15)17(24)19-3/h4-6,11,13H,7-10,12H2,1-3H3,(H,19,24)(H,20,23). The Balaban J connectivity index is 1.84. The van der Waals surface area contributed by atoms with Crippen LogP contribution in [-0.4, -0.2) is 67.3 Å². The molecule has 136 valence electrons. The zero-order valence-electron chi connectivity index (χ0n) is 15.0. The number of hydrogen-bond donors (Lipinski definition) is 2. The van der Waals surface area contributed by atoms with Crippen LogP contribution in [0.25, 0.3) is 0 Å². The monoisotopic (exact) mass is 346 g/mol. The number of nitrogens with one attached hydrogen (secondary N) is 2. The number of amides is 3. The van der Waals surface area contributed by atoms with Gasteiger partial charge in [-0.25, -0.2) is 0 Å². The molecule has 0 bridgehead atoms. The van der Waals surface area contributed by atoms with E-state index in [0.717, 1.165) is 0 Å². The van der Waals surface area contributed by atoms with Gasteiger partial charge in [-0.3, -0.25) is 19.3 Å². The summed E-state index contributed by atoms with van der Waals surface area (Å²) in [6.07, 6.45) is 0. The minimum Gasteiger partial charge on any atom is -0.355 e. The Morgan fingerprint density at radius 1 is 1.12 bits per heavy atom. The highest BCUT2D eigenvalue weighted by Crippen LogP contribution is 2.11. The summed E-state index contributed by atoms with van der Waals surface area (Å²) in [5.41, 5.74) is 1.10. The second kappa shape index (κ2) is 8.62. The van der Waals surface area contributed by atoms with Gasteiger partial charge < -0.3 is 15.5 Å². The Morgan fingerprint density at radius 2 is 1.80 bits per heavy atom. The quantitative estimate of drug-likeness (QED) is 0.826. The summed E-state index contributed by atoms with van der Waals surface area (Å²) in [5, 5.41) is 5.38. The Kier molecular flexibility index (Phi) is 6.52. The molecule has 0 radical (unpaired) electrons. The van der Waals surface area contributed by atoms with Crippen molar-refractivity contribution in [2.75, 3.05) is 45.1 Å². The first-order valence-electron chi connectivity index (χ1n) is 8.54. The molecule has 1 aliphatic rings. The lowest BCUT2D eigenvalue weighted by Crippen LogP contribution is -2.51. The smallest absolute Gasteiger partial charge is 0.251 e. The van der Waals surface area contributed by atoms with Crippen molar-refractivity contribution in [3.63, 3.8) is 0 Å². The van der Waals surface area contributed by atoms with Gasteiger partial charge in [-0.05, 0) is 18.2 Å². The van der Waals surface area contributed by atoms with E-state index >= 15 is 0 Å². The SMILES string of the molecule is CNC(=O)c1cccc(NC(=O)CN2CCN(C(=O)C(C)C)CC2)c1. The van der Waals surface area contributed by atoms with E-state index in [-0.39, 0.29) is 30.2 Å². The molecule has 25 heavy (non-hydrogen) atoms. The molecule has 0 atom stereocenters. The van der Waals surface area contributed by atoms with E-state index in [1.165, 1.54) is 0 Å². The first kappa shape index (κ1) is 18.9. The normalized spacial score (nSPS) is 15.1.